The maximum absolute atomic E-state index is 12.4. The number of hydrogen-bond acceptors (Lipinski definition) is 4. The van der Waals surface area contributed by atoms with Gasteiger partial charge in [0.15, 0.2) is 0 Å². The fraction of sp³-hybridized carbons (Fsp3) is 0.294. The van der Waals surface area contributed by atoms with Crippen molar-refractivity contribution in [2.75, 3.05) is 19.0 Å². The van der Waals surface area contributed by atoms with Gasteiger partial charge in [-0.2, -0.15) is 0 Å². The fourth-order valence-electron chi connectivity index (χ4n) is 2.13. The molecule has 1 aromatic heterocycles. The standard InChI is InChI=1S/C17H21N3O3.ClH/c1-12-5-7-13(8-6-12)10-20-9-3-4-15(17(20)22)19-16(21)14(18)11-23-2;/h3-9,14H,10-11,18H2,1-2H3,(H,19,21);1H. The van der Waals surface area contributed by atoms with E-state index in [-0.39, 0.29) is 30.3 Å². The van der Waals surface area contributed by atoms with Gasteiger partial charge in [0.1, 0.15) is 11.7 Å². The molecule has 6 nitrogen and oxygen atoms in total. The Morgan fingerprint density at radius 3 is 2.58 bits per heavy atom. The third kappa shape index (κ3) is 5.19. The second kappa shape index (κ2) is 9.22. The van der Waals surface area contributed by atoms with Crippen molar-refractivity contribution in [3.8, 4) is 0 Å². The smallest absolute Gasteiger partial charge is 0.274 e. The van der Waals surface area contributed by atoms with Gasteiger partial charge in [-0.15, -0.1) is 12.4 Å². The Labute approximate surface area is 147 Å². The predicted octanol–water partition coefficient (Wildman–Crippen LogP) is 1.54. The molecule has 0 aliphatic rings. The topological polar surface area (TPSA) is 86.3 Å². The largest absolute Gasteiger partial charge is 0.383 e. The molecule has 130 valence electrons. The number of halogens is 1. The molecular formula is C17H22ClN3O3. The monoisotopic (exact) mass is 351 g/mol. The van der Waals surface area contributed by atoms with Crippen LogP contribution in [0.1, 0.15) is 11.1 Å². The Morgan fingerprint density at radius 2 is 1.96 bits per heavy atom. The number of hydrogen-bond donors (Lipinski definition) is 2. The van der Waals surface area contributed by atoms with Crippen molar-refractivity contribution in [2.45, 2.75) is 19.5 Å². The highest BCUT2D eigenvalue weighted by molar-refractivity contribution is 5.94. The molecule has 0 saturated heterocycles. The third-order valence-corrected chi connectivity index (χ3v) is 3.43. The molecule has 1 unspecified atom stereocenters. The van der Waals surface area contributed by atoms with Crippen LogP contribution in [0.15, 0.2) is 47.4 Å². The summed E-state index contributed by atoms with van der Waals surface area (Å²) >= 11 is 0. The number of benzene rings is 1. The van der Waals surface area contributed by atoms with Gasteiger partial charge in [0, 0.05) is 13.3 Å². The van der Waals surface area contributed by atoms with Crippen molar-refractivity contribution in [1.82, 2.24) is 4.57 Å². The van der Waals surface area contributed by atoms with E-state index in [2.05, 4.69) is 5.32 Å². The Bertz CT molecular complexity index is 729. The van der Waals surface area contributed by atoms with Crippen LogP contribution >= 0.6 is 12.4 Å². The van der Waals surface area contributed by atoms with Gasteiger partial charge in [-0.3, -0.25) is 9.59 Å². The lowest BCUT2D eigenvalue weighted by Crippen LogP contribution is -2.40. The van der Waals surface area contributed by atoms with Crippen molar-refractivity contribution in [3.63, 3.8) is 0 Å². The number of nitrogens with two attached hydrogens (primary N) is 1. The minimum atomic E-state index is -0.815. The SMILES string of the molecule is COCC(N)C(=O)Nc1cccn(Cc2ccc(C)cc2)c1=O.Cl. The number of aryl methyl sites for hydroxylation is 1. The van der Waals surface area contributed by atoms with E-state index in [9.17, 15) is 9.59 Å². The first-order valence-electron chi connectivity index (χ1n) is 7.31. The van der Waals surface area contributed by atoms with E-state index in [4.69, 9.17) is 10.5 Å². The molecule has 24 heavy (non-hydrogen) atoms. The number of aromatic nitrogens is 1. The number of anilines is 1. The Hall–Kier alpha value is -2.15. The molecule has 0 saturated carbocycles. The molecule has 3 N–H and O–H groups in total. The van der Waals surface area contributed by atoms with Gasteiger partial charge in [-0.1, -0.05) is 29.8 Å². The molecule has 1 aromatic carbocycles. The van der Waals surface area contributed by atoms with Gasteiger partial charge in [0.2, 0.25) is 5.91 Å². The van der Waals surface area contributed by atoms with Crippen molar-refractivity contribution in [3.05, 3.63) is 64.1 Å². The van der Waals surface area contributed by atoms with Gasteiger partial charge < -0.3 is 20.4 Å². The molecule has 0 radical (unpaired) electrons. The lowest BCUT2D eigenvalue weighted by atomic mass is 10.1. The summed E-state index contributed by atoms with van der Waals surface area (Å²) in [5, 5.41) is 2.55. The average molecular weight is 352 g/mol. The van der Waals surface area contributed by atoms with Crippen LogP contribution in [0, 0.1) is 6.92 Å². The molecule has 1 heterocycles. The minimum absolute atomic E-state index is 0. The van der Waals surface area contributed by atoms with E-state index in [0.717, 1.165) is 11.1 Å². The number of amides is 1. The summed E-state index contributed by atoms with van der Waals surface area (Å²) in [4.78, 5) is 24.3. The van der Waals surface area contributed by atoms with Crippen molar-refractivity contribution in [1.29, 1.82) is 0 Å². The second-order valence-electron chi connectivity index (χ2n) is 5.39. The van der Waals surface area contributed by atoms with Crippen molar-refractivity contribution in [2.24, 2.45) is 5.73 Å². The van der Waals surface area contributed by atoms with Crippen LogP contribution in [0.3, 0.4) is 0 Å². The van der Waals surface area contributed by atoms with Gasteiger partial charge in [-0.25, -0.2) is 0 Å². The summed E-state index contributed by atoms with van der Waals surface area (Å²) in [6.45, 7) is 2.54. The Kier molecular flexibility index (Phi) is 7.64. The quantitative estimate of drug-likeness (QED) is 0.826. The highest BCUT2D eigenvalue weighted by Crippen LogP contribution is 2.06. The molecule has 0 fully saturated rings. The first kappa shape index (κ1) is 19.9. The first-order chi connectivity index (χ1) is 11.0. The average Bonchev–Trinajstić information content (AvgIpc) is 2.53. The van der Waals surface area contributed by atoms with Gasteiger partial charge in [-0.05, 0) is 24.6 Å². The van der Waals surface area contributed by atoms with Crippen LogP contribution in [-0.4, -0.2) is 30.2 Å². The summed E-state index contributed by atoms with van der Waals surface area (Å²) < 4.78 is 6.38. The van der Waals surface area contributed by atoms with E-state index >= 15 is 0 Å². The number of carbonyl (C=O) groups is 1. The molecule has 0 aliphatic carbocycles. The number of nitrogens with zero attached hydrogens (tertiary/aromatic N) is 1. The zero-order valence-corrected chi connectivity index (χ0v) is 14.5. The minimum Gasteiger partial charge on any atom is -0.383 e. The molecule has 1 amide bonds. The number of methoxy groups -OCH3 is 1. The Balaban J connectivity index is 0.00000288. The van der Waals surface area contributed by atoms with E-state index in [1.807, 2.05) is 31.2 Å². The number of pyridine rings is 1. The van der Waals surface area contributed by atoms with E-state index in [1.54, 1.807) is 22.9 Å². The summed E-state index contributed by atoms with van der Waals surface area (Å²) in [6.07, 6.45) is 1.69. The lowest BCUT2D eigenvalue weighted by molar-refractivity contribution is -0.118. The molecule has 2 rings (SSSR count). The van der Waals surface area contributed by atoms with Crippen LogP contribution < -0.4 is 16.6 Å². The van der Waals surface area contributed by atoms with Gasteiger partial charge >= 0.3 is 0 Å². The zero-order chi connectivity index (χ0) is 16.8. The predicted molar refractivity (Wildman–Crippen MR) is 96.7 cm³/mol. The molecule has 1 atom stereocenters. The highest BCUT2D eigenvalue weighted by atomic mass is 35.5. The van der Waals surface area contributed by atoms with Crippen LogP contribution in [0.4, 0.5) is 5.69 Å². The van der Waals surface area contributed by atoms with Crippen molar-refractivity contribution >= 4 is 24.0 Å². The van der Waals surface area contributed by atoms with Crippen LogP contribution in [0.25, 0.3) is 0 Å². The molecular weight excluding hydrogens is 330 g/mol. The highest BCUT2D eigenvalue weighted by Gasteiger charge is 2.15. The fourth-order valence-corrected chi connectivity index (χ4v) is 2.13. The Morgan fingerprint density at radius 1 is 1.29 bits per heavy atom. The number of carbonyl (C=O) groups excluding carboxylic acids is 1. The maximum Gasteiger partial charge on any atom is 0.274 e. The molecule has 7 heteroatoms. The molecule has 0 spiro atoms. The van der Waals surface area contributed by atoms with Crippen molar-refractivity contribution < 1.29 is 9.53 Å². The van der Waals surface area contributed by atoms with Crippen LogP contribution in [0.5, 0.6) is 0 Å². The maximum atomic E-state index is 12.4. The summed E-state index contributed by atoms with van der Waals surface area (Å²) in [5.74, 6) is -0.447. The third-order valence-electron chi connectivity index (χ3n) is 3.43. The lowest BCUT2D eigenvalue weighted by Gasteiger charge is -2.12. The summed E-state index contributed by atoms with van der Waals surface area (Å²) in [5.41, 5.74) is 7.76. The van der Waals surface area contributed by atoms with Gasteiger partial charge in [0.25, 0.3) is 5.56 Å². The second-order valence-corrected chi connectivity index (χ2v) is 5.39. The first-order valence-corrected chi connectivity index (χ1v) is 7.31. The van der Waals surface area contributed by atoms with Crippen LogP contribution in [0.2, 0.25) is 0 Å². The number of rotatable bonds is 6. The van der Waals surface area contributed by atoms with E-state index < -0.39 is 11.9 Å². The molecule has 0 aliphatic heterocycles. The normalized spacial score (nSPS) is 11.5. The number of ether oxygens (including phenoxy) is 1. The zero-order valence-electron chi connectivity index (χ0n) is 13.7. The molecule has 0 bridgehead atoms. The number of nitrogens with one attached hydrogen (secondary N) is 1. The molecule has 2 aromatic rings. The summed E-state index contributed by atoms with van der Waals surface area (Å²) in [6, 6.07) is 10.4. The van der Waals surface area contributed by atoms with E-state index in [0.29, 0.717) is 6.54 Å². The summed E-state index contributed by atoms with van der Waals surface area (Å²) in [7, 11) is 1.46. The van der Waals surface area contributed by atoms with Crippen LogP contribution in [-0.2, 0) is 16.1 Å². The van der Waals surface area contributed by atoms with Gasteiger partial charge in [0.05, 0.1) is 13.2 Å². The van der Waals surface area contributed by atoms with E-state index in [1.165, 1.54) is 7.11 Å².